The van der Waals surface area contributed by atoms with Gasteiger partial charge in [-0.25, -0.2) is 0 Å². The summed E-state index contributed by atoms with van der Waals surface area (Å²) in [6.45, 7) is 1.36. The maximum Gasteiger partial charge on any atom is 0.265 e. The van der Waals surface area contributed by atoms with Gasteiger partial charge in [-0.05, 0) is 17.3 Å². The van der Waals surface area contributed by atoms with Gasteiger partial charge in [0.05, 0.1) is 6.54 Å². The lowest BCUT2D eigenvalue weighted by molar-refractivity contribution is 0.366. The van der Waals surface area contributed by atoms with Crippen molar-refractivity contribution in [2.75, 3.05) is 19.0 Å². The second-order valence-electron chi connectivity index (χ2n) is 4.10. The van der Waals surface area contributed by atoms with E-state index in [1.54, 1.807) is 0 Å². The SMILES string of the molecule is CN(C)c1noc(CNCc2cccn2C)n1. The van der Waals surface area contributed by atoms with Gasteiger partial charge >= 0.3 is 0 Å². The Morgan fingerprint density at radius 1 is 1.41 bits per heavy atom. The van der Waals surface area contributed by atoms with Gasteiger partial charge in [0.15, 0.2) is 0 Å². The highest BCUT2D eigenvalue weighted by Crippen LogP contribution is 2.05. The Kier molecular flexibility index (Phi) is 3.43. The summed E-state index contributed by atoms with van der Waals surface area (Å²) in [6, 6.07) is 4.10. The summed E-state index contributed by atoms with van der Waals surface area (Å²) in [5.74, 6) is 1.20. The molecule has 0 aliphatic rings. The van der Waals surface area contributed by atoms with Gasteiger partial charge < -0.3 is 19.3 Å². The molecule has 17 heavy (non-hydrogen) atoms. The first-order valence-corrected chi connectivity index (χ1v) is 5.47. The second kappa shape index (κ2) is 5.01. The van der Waals surface area contributed by atoms with Gasteiger partial charge in [-0.1, -0.05) is 0 Å². The summed E-state index contributed by atoms with van der Waals surface area (Å²) >= 11 is 0. The fourth-order valence-corrected chi connectivity index (χ4v) is 1.48. The van der Waals surface area contributed by atoms with Gasteiger partial charge in [0, 0.05) is 39.6 Å². The van der Waals surface area contributed by atoms with Crippen LogP contribution in [-0.4, -0.2) is 28.8 Å². The van der Waals surface area contributed by atoms with E-state index < -0.39 is 0 Å². The van der Waals surface area contributed by atoms with Crippen molar-refractivity contribution in [3.05, 3.63) is 29.9 Å². The Bertz CT molecular complexity index is 474. The van der Waals surface area contributed by atoms with Crippen LogP contribution in [0.2, 0.25) is 0 Å². The van der Waals surface area contributed by atoms with Crippen LogP contribution in [0.15, 0.2) is 22.9 Å². The number of aromatic nitrogens is 3. The van der Waals surface area contributed by atoms with Gasteiger partial charge in [-0.2, -0.15) is 4.98 Å². The molecule has 6 nitrogen and oxygen atoms in total. The van der Waals surface area contributed by atoms with Crippen LogP contribution in [0.3, 0.4) is 0 Å². The highest BCUT2D eigenvalue weighted by molar-refractivity contribution is 5.23. The van der Waals surface area contributed by atoms with Crippen LogP contribution in [0.4, 0.5) is 5.95 Å². The number of rotatable bonds is 5. The van der Waals surface area contributed by atoms with Crippen molar-refractivity contribution in [2.45, 2.75) is 13.1 Å². The van der Waals surface area contributed by atoms with E-state index in [0.717, 1.165) is 6.54 Å². The quantitative estimate of drug-likeness (QED) is 0.829. The fourth-order valence-electron chi connectivity index (χ4n) is 1.48. The summed E-state index contributed by atoms with van der Waals surface area (Å²) in [4.78, 5) is 6.04. The predicted octanol–water partition coefficient (Wildman–Crippen LogP) is 0.764. The van der Waals surface area contributed by atoms with Crippen LogP contribution in [-0.2, 0) is 20.1 Å². The van der Waals surface area contributed by atoms with Crippen molar-refractivity contribution < 1.29 is 4.52 Å². The summed E-state index contributed by atoms with van der Waals surface area (Å²) in [5, 5.41) is 7.11. The van der Waals surface area contributed by atoms with E-state index in [0.29, 0.717) is 18.4 Å². The number of nitrogens with zero attached hydrogens (tertiary/aromatic N) is 4. The summed E-state index contributed by atoms with van der Waals surface area (Å²) in [6.07, 6.45) is 2.02. The highest BCUT2D eigenvalue weighted by Gasteiger charge is 2.07. The van der Waals surface area contributed by atoms with Gasteiger partial charge in [0.1, 0.15) is 0 Å². The molecule has 6 heteroatoms. The number of aryl methyl sites for hydroxylation is 1. The molecule has 0 radical (unpaired) electrons. The topological polar surface area (TPSA) is 59.1 Å². The molecule has 0 unspecified atom stereocenters. The van der Waals surface area contributed by atoms with Crippen LogP contribution in [0, 0.1) is 0 Å². The molecule has 0 bridgehead atoms. The van der Waals surface area contributed by atoms with Crippen molar-refractivity contribution in [2.24, 2.45) is 7.05 Å². The molecule has 0 aromatic carbocycles. The lowest BCUT2D eigenvalue weighted by Crippen LogP contribution is -2.15. The third-order valence-corrected chi connectivity index (χ3v) is 2.49. The van der Waals surface area contributed by atoms with Crippen molar-refractivity contribution in [1.82, 2.24) is 20.0 Å². The Labute approximate surface area is 100 Å². The first-order valence-electron chi connectivity index (χ1n) is 5.47. The molecule has 0 atom stereocenters. The molecule has 0 spiro atoms. The molecule has 0 amide bonds. The second-order valence-corrected chi connectivity index (χ2v) is 4.10. The molecule has 2 rings (SSSR count). The first-order chi connectivity index (χ1) is 8.16. The molecular weight excluding hydrogens is 218 g/mol. The normalized spacial score (nSPS) is 10.8. The van der Waals surface area contributed by atoms with Crippen molar-refractivity contribution in [1.29, 1.82) is 0 Å². The van der Waals surface area contributed by atoms with Gasteiger partial charge in [-0.15, -0.1) is 0 Å². The third kappa shape index (κ3) is 2.85. The maximum absolute atomic E-state index is 5.10. The van der Waals surface area contributed by atoms with E-state index in [9.17, 15) is 0 Å². The highest BCUT2D eigenvalue weighted by atomic mass is 16.5. The van der Waals surface area contributed by atoms with Gasteiger partial charge in [-0.3, -0.25) is 0 Å². The van der Waals surface area contributed by atoms with E-state index in [4.69, 9.17) is 4.52 Å². The lowest BCUT2D eigenvalue weighted by Gasteiger charge is -2.04. The van der Waals surface area contributed by atoms with E-state index in [1.807, 2.05) is 38.3 Å². The Hall–Kier alpha value is -1.82. The molecular formula is C11H17N5O. The number of hydrogen-bond donors (Lipinski definition) is 1. The Balaban J connectivity index is 1.84. The number of anilines is 1. The van der Waals surface area contributed by atoms with Crippen LogP contribution >= 0.6 is 0 Å². The molecule has 0 saturated heterocycles. The molecule has 0 fully saturated rings. The van der Waals surface area contributed by atoms with E-state index >= 15 is 0 Å². The smallest absolute Gasteiger partial charge is 0.265 e. The number of nitrogens with one attached hydrogen (secondary N) is 1. The Morgan fingerprint density at radius 2 is 2.24 bits per heavy atom. The zero-order valence-electron chi connectivity index (χ0n) is 10.3. The molecule has 0 aliphatic heterocycles. The predicted molar refractivity (Wildman–Crippen MR) is 64.6 cm³/mol. The molecule has 2 aromatic heterocycles. The summed E-state index contributed by atoms with van der Waals surface area (Å²) in [5.41, 5.74) is 1.22. The zero-order valence-corrected chi connectivity index (χ0v) is 10.3. The minimum atomic E-state index is 0.575. The minimum absolute atomic E-state index is 0.575. The molecule has 0 aliphatic carbocycles. The minimum Gasteiger partial charge on any atom is -0.353 e. The van der Waals surface area contributed by atoms with Crippen molar-refractivity contribution in [3.63, 3.8) is 0 Å². The van der Waals surface area contributed by atoms with Crippen molar-refractivity contribution >= 4 is 5.95 Å². The van der Waals surface area contributed by atoms with Crippen molar-refractivity contribution in [3.8, 4) is 0 Å². The largest absolute Gasteiger partial charge is 0.353 e. The average molecular weight is 235 g/mol. The van der Waals surface area contributed by atoms with Crippen LogP contribution in [0.25, 0.3) is 0 Å². The first kappa shape index (κ1) is 11.7. The lowest BCUT2D eigenvalue weighted by atomic mass is 10.4. The summed E-state index contributed by atoms with van der Waals surface area (Å²) in [7, 11) is 5.78. The fraction of sp³-hybridized carbons (Fsp3) is 0.455. The standard InChI is InChI=1S/C11H17N5O/c1-15(2)11-13-10(17-14-11)8-12-7-9-5-4-6-16(9)3/h4-6,12H,7-8H2,1-3H3. The molecule has 2 aromatic rings. The monoisotopic (exact) mass is 235 g/mol. The third-order valence-electron chi connectivity index (χ3n) is 2.49. The van der Waals surface area contributed by atoms with Crippen LogP contribution < -0.4 is 10.2 Å². The van der Waals surface area contributed by atoms with E-state index in [-0.39, 0.29) is 0 Å². The molecule has 0 saturated carbocycles. The maximum atomic E-state index is 5.10. The molecule has 92 valence electrons. The average Bonchev–Trinajstić information content (AvgIpc) is 2.89. The van der Waals surface area contributed by atoms with E-state index in [1.165, 1.54) is 5.69 Å². The molecule has 2 heterocycles. The van der Waals surface area contributed by atoms with E-state index in [2.05, 4.69) is 26.1 Å². The zero-order chi connectivity index (χ0) is 12.3. The molecule has 1 N–H and O–H groups in total. The van der Waals surface area contributed by atoms with Gasteiger partial charge in [0.25, 0.3) is 5.95 Å². The summed E-state index contributed by atoms with van der Waals surface area (Å²) < 4.78 is 7.18. The van der Waals surface area contributed by atoms with Gasteiger partial charge in [0.2, 0.25) is 5.89 Å². The Morgan fingerprint density at radius 3 is 2.82 bits per heavy atom. The van der Waals surface area contributed by atoms with Crippen LogP contribution in [0.1, 0.15) is 11.6 Å². The van der Waals surface area contributed by atoms with Crippen LogP contribution in [0.5, 0.6) is 0 Å². The number of hydrogen-bond acceptors (Lipinski definition) is 5.